The van der Waals surface area contributed by atoms with Crippen LogP contribution in [0, 0.1) is 0 Å². The van der Waals surface area contributed by atoms with Gasteiger partial charge in [-0.3, -0.25) is 0 Å². The number of hydrogen-bond donors (Lipinski definition) is 0. The van der Waals surface area contributed by atoms with E-state index >= 15 is 0 Å². The minimum absolute atomic E-state index is 0.852. The lowest BCUT2D eigenvalue weighted by Gasteiger charge is -2.27. The number of nitrogens with zero attached hydrogens (tertiary/aromatic N) is 1. The Morgan fingerprint density at radius 2 is 0.889 bits per heavy atom. The summed E-state index contributed by atoms with van der Waals surface area (Å²) in [7, 11) is 0. The van der Waals surface area contributed by atoms with Gasteiger partial charge >= 0.3 is 0 Å². The molecule has 10 aromatic rings. The molecule has 0 atom stereocenters. The van der Waals surface area contributed by atoms with Crippen LogP contribution in [0.5, 0.6) is 0 Å². The molecule has 10 rings (SSSR count). The highest BCUT2D eigenvalue weighted by molar-refractivity contribution is 6.11. The summed E-state index contributed by atoms with van der Waals surface area (Å²) in [6, 6.07) is 75.8. The van der Waals surface area contributed by atoms with Crippen molar-refractivity contribution in [2.24, 2.45) is 0 Å². The van der Waals surface area contributed by atoms with Gasteiger partial charge in [-0.05, 0) is 104 Å². The minimum Gasteiger partial charge on any atom is -0.454 e. The Hall–Kier alpha value is -7.16. The van der Waals surface area contributed by atoms with Gasteiger partial charge in [-0.2, -0.15) is 0 Å². The lowest BCUT2D eigenvalue weighted by Crippen LogP contribution is -2.10. The highest BCUT2D eigenvalue weighted by atomic mass is 16.3. The summed E-state index contributed by atoms with van der Waals surface area (Å²) in [4.78, 5) is 2.34. The number of fused-ring (bicyclic) bond motifs is 4. The lowest BCUT2D eigenvalue weighted by molar-refractivity contribution is 0.669. The third-order valence-corrected chi connectivity index (χ3v) is 10.5. The summed E-state index contributed by atoms with van der Waals surface area (Å²) in [5.74, 6) is 0. The molecule has 2 heteroatoms. The molecule has 0 unspecified atom stereocenters. The van der Waals surface area contributed by atoms with Crippen molar-refractivity contribution >= 4 is 49.8 Å². The molecular weight excluding hydrogens is 655 g/mol. The van der Waals surface area contributed by atoms with Gasteiger partial charge in [-0.25, -0.2) is 0 Å². The molecule has 0 spiro atoms. The average Bonchev–Trinajstić information content (AvgIpc) is 3.63. The highest BCUT2D eigenvalue weighted by Crippen LogP contribution is 2.45. The van der Waals surface area contributed by atoms with E-state index in [4.69, 9.17) is 4.42 Å². The number of para-hydroxylation sites is 1. The first-order chi connectivity index (χ1) is 26.8. The first-order valence-electron chi connectivity index (χ1n) is 18.4. The molecule has 9 aromatic carbocycles. The zero-order chi connectivity index (χ0) is 35.8. The van der Waals surface area contributed by atoms with Crippen molar-refractivity contribution in [3.8, 4) is 44.5 Å². The second-order valence-corrected chi connectivity index (χ2v) is 13.7. The first-order valence-corrected chi connectivity index (χ1v) is 18.4. The van der Waals surface area contributed by atoms with Crippen molar-refractivity contribution < 1.29 is 4.42 Å². The van der Waals surface area contributed by atoms with Crippen molar-refractivity contribution in [1.29, 1.82) is 0 Å². The summed E-state index contributed by atoms with van der Waals surface area (Å²) in [6.07, 6.45) is 0. The molecule has 1 aromatic heterocycles. The van der Waals surface area contributed by atoms with Gasteiger partial charge in [0.25, 0.3) is 0 Å². The standard InChI is InChI=1S/C52H35NO/c1-4-13-36(14-5-1)43-27-32-51-49(34-43)47-21-12-22-50(52(47)54-51)53(44-28-25-38(26-29-44)42-24-23-37-15-10-11-20-41(37)33-42)45-30-31-46(39-16-6-2-7-17-39)48(35-45)40-18-8-3-9-19-40/h1-35H. The van der Waals surface area contributed by atoms with Crippen LogP contribution in [-0.4, -0.2) is 0 Å². The Kier molecular flexibility index (Phi) is 7.85. The fraction of sp³-hybridized carbons (Fsp3) is 0. The van der Waals surface area contributed by atoms with E-state index in [1.807, 2.05) is 0 Å². The van der Waals surface area contributed by atoms with E-state index in [1.165, 1.54) is 55.3 Å². The van der Waals surface area contributed by atoms with Crippen LogP contribution in [-0.2, 0) is 0 Å². The van der Waals surface area contributed by atoms with Gasteiger partial charge in [0.15, 0.2) is 5.58 Å². The number of rotatable bonds is 7. The fourth-order valence-electron chi connectivity index (χ4n) is 7.77. The Labute approximate surface area is 314 Å². The molecule has 0 amide bonds. The van der Waals surface area contributed by atoms with Gasteiger partial charge < -0.3 is 9.32 Å². The van der Waals surface area contributed by atoms with Gasteiger partial charge in [0.05, 0.1) is 5.69 Å². The summed E-state index contributed by atoms with van der Waals surface area (Å²) >= 11 is 0. The van der Waals surface area contributed by atoms with E-state index in [0.717, 1.165) is 39.0 Å². The van der Waals surface area contributed by atoms with E-state index in [2.05, 4.69) is 217 Å². The minimum atomic E-state index is 0.852. The molecule has 254 valence electrons. The van der Waals surface area contributed by atoms with E-state index < -0.39 is 0 Å². The second kappa shape index (κ2) is 13.4. The summed E-state index contributed by atoms with van der Waals surface area (Å²) in [5, 5.41) is 4.66. The number of benzene rings is 9. The van der Waals surface area contributed by atoms with Gasteiger partial charge in [-0.1, -0.05) is 164 Å². The molecule has 54 heavy (non-hydrogen) atoms. The largest absolute Gasteiger partial charge is 0.454 e. The quantitative estimate of drug-likeness (QED) is 0.166. The maximum Gasteiger partial charge on any atom is 0.159 e. The monoisotopic (exact) mass is 689 g/mol. The van der Waals surface area contributed by atoms with Crippen LogP contribution in [0.15, 0.2) is 217 Å². The fourth-order valence-corrected chi connectivity index (χ4v) is 7.77. The van der Waals surface area contributed by atoms with Crippen molar-refractivity contribution in [1.82, 2.24) is 0 Å². The molecule has 0 fully saturated rings. The molecule has 0 saturated carbocycles. The molecule has 1 heterocycles. The maximum atomic E-state index is 6.80. The van der Waals surface area contributed by atoms with Gasteiger partial charge in [0, 0.05) is 22.1 Å². The van der Waals surface area contributed by atoms with Crippen molar-refractivity contribution in [2.75, 3.05) is 4.90 Å². The van der Waals surface area contributed by atoms with Gasteiger partial charge in [-0.15, -0.1) is 0 Å². The van der Waals surface area contributed by atoms with Crippen molar-refractivity contribution in [3.05, 3.63) is 212 Å². The van der Waals surface area contributed by atoms with E-state index in [1.54, 1.807) is 0 Å². The second-order valence-electron chi connectivity index (χ2n) is 13.7. The van der Waals surface area contributed by atoms with Crippen LogP contribution >= 0.6 is 0 Å². The van der Waals surface area contributed by atoms with Crippen molar-refractivity contribution in [2.45, 2.75) is 0 Å². The average molecular weight is 690 g/mol. The smallest absolute Gasteiger partial charge is 0.159 e. The predicted octanol–water partition coefficient (Wildman–Crippen LogP) is 14.9. The zero-order valence-electron chi connectivity index (χ0n) is 29.6. The normalized spacial score (nSPS) is 11.3. The molecule has 0 aliphatic rings. The SMILES string of the molecule is c1ccc(-c2ccc3oc4c(N(c5ccc(-c6ccc7ccccc7c6)cc5)c5ccc(-c6ccccc6)c(-c6ccccc6)c5)cccc4c3c2)cc1. The highest BCUT2D eigenvalue weighted by Gasteiger charge is 2.21. The van der Waals surface area contributed by atoms with Gasteiger partial charge in [0.1, 0.15) is 5.58 Å². The van der Waals surface area contributed by atoms with E-state index in [0.29, 0.717) is 0 Å². The Balaban J connectivity index is 1.16. The van der Waals surface area contributed by atoms with E-state index in [9.17, 15) is 0 Å². The number of anilines is 3. The molecule has 0 saturated heterocycles. The maximum absolute atomic E-state index is 6.80. The Morgan fingerprint density at radius 3 is 1.63 bits per heavy atom. The van der Waals surface area contributed by atoms with Crippen LogP contribution in [0.2, 0.25) is 0 Å². The van der Waals surface area contributed by atoms with Crippen molar-refractivity contribution in [3.63, 3.8) is 0 Å². The van der Waals surface area contributed by atoms with Crippen LogP contribution in [0.1, 0.15) is 0 Å². The third kappa shape index (κ3) is 5.71. The predicted molar refractivity (Wildman–Crippen MR) is 228 cm³/mol. The molecule has 0 N–H and O–H groups in total. The summed E-state index contributed by atoms with van der Waals surface area (Å²) in [6.45, 7) is 0. The van der Waals surface area contributed by atoms with Crippen LogP contribution in [0.4, 0.5) is 17.1 Å². The number of furan rings is 1. The van der Waals surface area contributed by atoms with Crippen LogP contribution < -0.4 is 4.90 Å². The van der Waals surface area contributed by atoms with E-state index in [-0.39, 0.29) is 0 Å². The Bertz CT molecular complexity index is 2910. The van der Waals surface area contributed by atoms with Crippen LogP contribution in [0.25, 0.3) is 77.2 Å². The zero-order valence-corrected chi connectivity index (χ0v) is 29.6. The summed E-state index contributed by atoms with van der Waals surface area (Å²) < 4.78 is 6.80. The Morgan fingerprint density at radius 1 is 0.315 bits per heavy atom. The molecule has 2 nitrogen and oxygen atoms in total. The molecule has 0 aliphatic carbocycles. The molecule has 0 aliphatic heterocycles. The lowest BCUT2D eigenvalue weighted by atomic mass is 9.93. The number of hydrogen-bond acceptors (Lipinski definition) is 2. The first kappa shape index (κ1) is 31.6. The third-order valence-electron chi connectivity index (χ3n) is 10.5. The molecule has 0 radical (unpaired) electrons. The molecular formula is C52H35NO. The van der Waals surface area contributed by atoms with Crippen LogP contribution in [0.3, 0.4) is 0 Å². The van der Waals surface area contributed by atoms with Gasteiger partial charge in [0.2, 0.25) is 0 Å². The summed E-state index contributed by atoms with van der Waals surface area (Å²) in [5.41, 5.74) is 14.2. The topological polar surface area (TPSA) is 16.4 Å². The molecule has 0 bridgehead atoms.